The average molecular weight is 297 g/mol. The van der Waals surface area contributed by atoms with Crippen LogP contribution in [0.25, 0.3) is 0 Å². The van der Waals surface area contributed by atoms with Crippen molar-refractivity contribution in [2.45, 2.75) is 31.7 Å². The Hall–Kier alpha value is -2.62. The molecular formula is C15H15N5O2. The van der Waals surface area contributed by atoms with Gasteiger partial charge in [-0.2, -0.15) is 10.4 Å². The zero-order valence-electron chi connectivity index (χ0n) is 12.0. The number of aryl methyl sites for hydroxylation is 1. The number of carbonyl (C=O) groups is 1. The molecule has 0 saturated carbocycles. The third-order valence-electron chi connectivity index (χ3n) is 4.41. The predicted molar refractivity (Wildman–Crippen MR) is 75.0 cm³/mol. The summed E-state index contributed by atoms with van der Waals surface area (Å²) in [4.78, 5) is 14.3. The minimum Gasteiger partial charge on any atom is -0.360 e. The Morgan fingerprint density at radius 3 is 2.95 bits per heavy atom. The summed E-state index contributed by atoms with van der Waals surface area (Å²) in [5.41, 5.74) is 2.01. The van der Waals surface area contributed by atoms with Gasteiger partial charge in [0.1, 0.15) is 11.8 Å². The van der Waals surface area contributed by atoms with E-state index in [0.717, 1.165) is 37.0 Å². The quantitative estimate of drug-likeness (QED) is 0.834. The molecule has 1 fully saturated rings. The molecule has 3 heterocycles. The first-order valence-corrected chi connectivity index (χ1v) is 7.47. The fourth-order valence-corrected chi connectivity index (χ4v) is 3.09. The molecule has 0 N–H and O–H groups in total. The summed E-state index contributed by atoms with van der Waals surface area (Å²) in [6.45, 7) is 1.18. The van der Waals surface area contributed by atoms with Gasteiger partial charge < -0.3 is 9.42 Å². The lowest BCUT2D eigenvalue weighted by molar-refractivity contribution is 0.0490. The molecule has 1 aliphatic carbocycles. The van der Waals surface area contributed by atoms with Gasteiger partial charge in [0, 0.05) is 31.3 Å². The molecule has 0 radical (unpaired) electrons. The first-order valence-electron chi connectivity index (χ1n) is 7.47. The summed E-state index contributed by atoms with van der Waals surface area (Å²) in [6, 6.07) is 2.19. The van der Waals surface area contributed by atoms with Crippen molar-refractivity contribution >= 4 is 5.91 Å². The maximum absolute atomic E-state index is 12.5. The van der Waals surface area contributed by atoms with E-state index in [9.17, 15) is 4.79 Å². The summed E-state index contributed by atoms with van der Waals surface area (Å²) < 4.78 is 7.06. The number of amides is 1. The van der Waals surface area contributed by atoms with Crippen molar-refractivity contribution in [1.82, 2.24) is 19.8 Å². The maximum atomic E-state index is 12.5. The van der Waals surface area contributed by atoms with Crippen LogP contribution in [-0.4, -0.2) is 38.8 Å². The average Bonchev–Trinajstić information content (AvgIpc) is 3.12. The fraction of sp³-hybridized carbons (Fsp3) is 0.467. The topological polar surface area (TPSA) is 88.0 Å². The van der Waals surface area contributed by atoms with Crippen molar-refractivity contribution in [1.29, 1.82) is 5.26 Å². The Balaban J connectivity index is 1.45. The van der Waals surface area contributed by atoms with Gasteiger partial charge in [-0.15, -0.1) is 0 Å². The molecule has 112 valence electrons. The molecule has 2 aromatic heterocycles. The molecule has 0 bridgehead atoms. The van der Waals surface area contributed by atoms with Crippen LogP contribution in [0, 0.1) is 11.3 Å². The number of rotatable bonds is 2. The minimum absolute atomic E-state index is 0.0594. The van der Waals surface area contributed by atoms with Crippen molar-refractivity contribution in [2.24, 2.45) is 0 Å². The van der Waals surface area contributed by atoms with E-state index in [1.54, 1.807) is 22.0 Å². The Morgan fingerprint density at radius 1 is 1.36 bits per heavy atom. The van der Waals surface area contributed by atoms with Gasteiger partial charge >= 0.3 is 0 Å². The van der Waals surface area contributed by atoms with Crippen molar-refractivity contribution in [3.63, 3.8) is 0 Å². The highest BCUT2D eigenvalue weighted by Gasteiger charge is 2.36. The number of carbonyl (C=O) groups excluding carboxylic acids is 1. The number of aromatic nitrogens is 3. The molecule has 1 saturated heterocycles. The standard InChI is InChI=1S/C15H15N5O2/c16-5-10-6-17-20(7-10)11-8-19(9-11)15(21)14-12-3-1-2-4-13(12)22-18-14/h6-7,11H,1-4,8-9H2. The fourth-order valence-electron chi connectivity index (χ4n) is 3.09. The van der Waals surface area contributed by atoms with Gasteiger partial charge in [0.2, 0.25) is 0 Å². The Bertz CT molecular complexity index is 763. The minimum atomic E-state index is -0.0594. The van der Waals surface area contributed by atoms with Gasteiger partial charge in [-0.25, -0.2) is 0 Å². The van der Waals surface area contributed by atoms with Crippen LogP contribution in [0.1, 0.15) is 46.3 Å². The number of hydrogen-bond donors (Lipinski definition) is 0. The summed E-state index contributed by atoms with van der Waals surface area (Å²) in [6.07, 6.45) is 7.19. The van der Waals surface area contributed by atoms with Crippen molar-refractivity contribution < 1.29 is 9.32 Å². The highest BCUT2D eigenvalue weighted by molar-refractivity contribution is 5.94. The molecule has 2 aromatic rings. The monoisotopic (exact) mass is 297 g/mol. The molecule has 2 aliphatic rings. The molecule has 1 amide bonds. The van der Waals surface area contributed by atoms with E-state index in [4.69, 9.17) is 9.78 Å². The van der Waals surface area contributed by atoms with E-state index >= 15 is 0 Å². The second kappa shape index (κ2) is 4.98. The lowest BCUT2D eigenvalue weighted by Gasteiger charge is -2.38. The van der Waals surface area contributed by atoms with Gasteiger partial charge in [-0.1, -0.05) is 5.16 Å². The largest absolute Gasteiger partial charge is 0.360 e. The maximum Gasteiger partial charge on any atom is 0.276 e. The highest BCUT2D eigenvalue weighted by Crippen LogP contribution is 2.28. The molecule has 0 unspecified atom stereocenters. The number of likely N-dealkylation sites (tertiary alicyclic amines) is 1. The van der Waals surface area contributed by atoms with E-state index in [-0.39, 0.29) is 11.9 Å². The summed E-state index contributed by atoms with van der Waals surface area (Å²) in [5, 5.41) is 17.0. The second-order valence-electron chi connectivity index (χ2n) is 5.82. The van der Waals surface area contributed by atoms with Gasteiger partial charge in [0.25, 0.3) is 5.91 Å². The van der Waals surface area contributed by atoms with Crippen LogP contribution < -0.4 is 0 Å². The van der Waals surface area contributed by atoms with Crippen LogP contribution >= 0.6 is 0 Å². The molecule has 4 rings (SSSR count). The zero-order valence-corrected chi connectivity index (χ0v) is 12.0. The van der Waals surface area contributed by atoms with Crippen LogP contribution in [0.3, 0.4) is 0 Å². The Morgan fingerprint density at radius 2 is 2.18 bits per heavy atom. The third kappa shape index (κ3) is 1.99. The van der Waals surface area contributed by atoms with Crippen molar-refractivity contribution in [3.8, 4) is 6.07 Å². The van der Waals surface area contributed by atoms with Crippen LogP contribution in [0.15, 0.2) is 16.9 Å². The molecular weight excluding hydrogens is 282 g/mol. The molecule has 0 spiro atoms. The number of nitrogens with zero attached hydrogens (tertiary/aromatic N) is 5. The summed E-state index contributed by atoms with van der Waals surface area (Å²) in [7, 11) is 0. The van der Waals surface area contributed by atoms with Gasteiger partial charge in [-0.05, 0) is 19.3 Å². The highest BCUT2D eigenvalue weighted by atomic mass is 16.5. The van der Waals surface area contributed by atoms with E-state index in [1.807, 2.05) is 0 Å². The lowest BCUT2D eigenvalue weighted by atomic mass is 9.95. The second-order valence-corrected chi connectivity index (χ2v) is 5.82. The molecule has 0 atom stereocenters. The summed E-state index contributed by atoms with van der Waals surface area (Å²) in [5.74, 6) is 0.813. The predicted octanol–water partition coefficient (Wildman–Crippen LogP) is 1.32. The van der Waals surface area contributed by atoms with Gasteiger partial charge in [0.15, 0.2) is 5.69 Å². The first-order chi connectivity index (χ1) is 10.8. The van der Waals surface area contributed by atoms with Crippen LogP contribution in [0.5, 0.6) is 0 Å². The first kappa shape index (κ1) is 13.1. The molecule has 1 aliphatic heterocycles. The summed E-state index contributed by atoms with van der Waals surface area (Å²) >= 11 is 0. The Kier molecular flexibility index (Phi) is 2.96. The van der Waals surface area contributed by atoms with E-state index in [1.165, 1.54) is 0 Å². The number of hydrogen-bond acceptors (Lipinski definition) is 5. The molecule has 7 heteroatoms. The smallest absolute Gasteiger partial charge is 0.276 e. The van der Waals surface area contributed by atoms with Crippen molar-refractivity contribution in [2.75, 3.05) is 13.1 Å². The van der Waals surface area contributed by atoms with Gasteiger partial charge in [-0.3, -0.25) is 9.48 Å². The van der Waals surface area contributed by atoms with E-state index < -0.39 is 0 Å². The van der Waals surface area contributed by atoms with Crippen LogP contribution in [0.4, 0.5) is 0 Å². The van der Waals surface area contributed by atoms with Crippen LogP contribution in [0.2, 0.25) is 0 Å². The van der Waals surface area contributed by atoms with E-state index in [0.29, 0.717) is 24.3 Å². The number of nitriles is 1. The van der Waals surface area contributed by atoms with Gasteiger partial charge in [0.05, 0.1) is 17.8 Å². The van der Waals surface area contributed by atoms with Crippen LogP contribution in [-0.2, 0) is 12.8 Å². The third-order valence-corrected chi connectivity index (χ3v) is 4.41. The SMILES string of the molecule is N#Cc1cnn(C2CN(C(=O)c3noc4c3CCCC4)C2)c1. The van der Waals surface area contributed by atoms with E-state index in [2.05, 4.69) is 16.3 Å². The molecule has 0 aromatic carbocycles. The molecule has 7 nitrogen and oxygen atoms in total. The lowest BCUT2D eigenvalue weighted by Crippen LogP contribution is -2.51. The molecule has 22 heavy (non-hydrogen) atoms. The Labute approximate surface area is 127 Å². The normalized spacial score (nSPS) is 17.7. The zero-order chi connectivity index (χ0) is 15.1. The number of fused-ring (bicyclic) bond motifs is 1. The van der Waals surface area contributed by atoms with Crippen molar-refractivity contribution in [3.05, 3.63) is 35.0 Å².